The van der Waals surface area contributed by atoms with Crippen molar-refractivity contribution in [3.63, 3.8) is 0 Å². The van der Waals surface area contributed by atoms with Crippen LogP contribution in [0.1, 0.15) is 13.3 Å². The quantitative estimate of drug-likeness (QED) is 0.722. The Balaban J connectivity index is 2.62. The summed E-state index contributed by atoms with van der Waals surface area (Å²) in [6.07, 6.45) is 3.00. The maximum absolute atomic E-state index is 10.5. The van der Waals surface area contributed by atoms with Gasteiger partial charge in [0, 0.05) is 11.8 Å². The van der Waals surface area contributed by atoms with Gasteiger partial charge in [0.25, 0.3) is 0 Å². The first-order valence-corrected chi connectivity index (χ1v) is 7.38. The van der Waals surface area contributed by atoms with Crippen molar-refractivity contribution in [1.82, 2.24) is 14.8 Å². The fraction of sp³-hybridized carbons (Fsp3) is 0.667. The van der Waals surface area contributed by atoms with Crippen LogP contribution in [-0.2, 0) is 11.3 Å². The van der Waals surface area contributed by atoms with E-state index in [0.717, 1.165) is 18.2 Å². The van der Waals surface area contributed by atoms with Gasteiger partial charge in [0.2, 0.25) is 5.95 Å². The molecule has 1 rings (SSSR count). The maximum atomic E-state index is 10.5. The van der Waals surface area contributed by atoms with Crippen LogP contribution < -0.4 is 5.73 Å². The fourth-order valence-electron chi connectivity index (χ4n) is 1.17. The summed E-state index contributed by atoms with van der Waals surface area (Å²) in [6.45, 7) is 2.85. The summed E-state index contributed by atoms with van der Waals surface area (Å²) in [7, 11) is 0. The van der Waals surface area contributed by atoms with Crippen LogP contribution in [0, 0.1) is 0 Å². The number of hydrogen-bond acceptors (Lipinski definition) is 6. The van der Waals surface area contributed by atoms with Gasteiger partial charge in [-0.1, -0.05) is 18.7 Å². The van der Waals surface area contributed by atoms with Crippen molar-refractivity contribution < 1.29 is 9.90 Å². The number of aliphatic carboxylic acids is 1. The summed E-state index contributed by atoms with van der Waals surface area (Å²) >= 11 is 2.92. The van der Waals surface area contributed by atoms with Gasteiger partial charge in [-0.05, 0) is 12.7 Å². The Morgan fingerprint density at radius 2 is 2.29 bits per heavy atom. The van der Waals surface area contributed by atoms with Gasteiger partial charge >= 0.3 is 5.97 Å². The molecule has 8 heteroatoms. The van der Waals surface area contributed by atoms with E-state index in [9.17, 15) is 4.79 Å². The molecule has 0 saturated carbocycles. The molecule has 1 atom stereocenters. The Morgan fingerprint density at radius 1 is 1.59 bits per heavy atom. The molecule has 0 bridgehead atoms. The number of carboxylic acids is 1. The van der Waals surface area contributed by atoms with Crippen LogP contribution >= 0.6 is 23.5 Å². The van der Waals surface area contributed by atoms with Crippen molar-refractivity contribution in [2.24, 2.45) is 0 Å². The first-order chi connectivity index (χ1) is 8.04. The van der Waals surface area contributed by atoms with E-state index in [4.69, 9.17) is 10.8 Å². The van der Waals surface area contributed by atoms with Gasteiger partial charge in [-0.2, -0.15) is 11.8 Å². The molecule has 0 aliphatic rings. The number of carboxylic acid groups (broad SMARTS) is 1. The summed E-state index contributed by atoms with van der Waals surface area (Å²) in [4.78, 5) is 10.5. The number of thioether (sulfide) groups is 2. The zero-order valence-electron chi connectivity index (χ0n) is 9.79. The zero-order valence-corrected chi connectivity index (χ0v) is 11.4. The number of aromatic nitrogens is 3. The van der Waals surface area contributed by atoms with E-state index in [2.05, 4.69) is 23.4 Å². The minimum Gasteiger partial charge on any atom is -0.481 e. The van der Waals surface area contributed by atoms with E-state index in [0.29, 0.717) is 22.9 Å². The smallest absolute Gasteiger partial charge is 0.313 e. The molecule has 1 aromatic heterocycles. The van der Waals surface area contributed by atoms with E-state index < -0.39 is 5.97 Å². The maximum Gasteiger partial charge on any atom is 0.313 e. The molecule has 0 aliphatic heterocycles. The minimum atomic E-state index is -0.874. The van der Waals surface area contributed by atoms with Gasteiger partial charge < -0.3 is 10.8 Å². The average Bonchev–Trinajstić information content (AvgIpc) is 2.64. The third-order valence-corrected chi connectivity index (χ3v) is 4.22. The molecule has 1 aromatic rings. The monoisotopic (exact) mass is 276 g/mol. The lowest BCUT2D eigenvalue weighted by atomic mass is 10.3. The van der Waals surface area contributed by atoms with Crippen LogP contribution in [-0.4, -0.2) is 43.1 Å². The van der Waals surface area contributed by atoms with Crippen LogP contribution in [0.15, 0.2) is 5.16 Å². The molecule has 17 heavy (non-hydrogen) atoms. The van der Waals surface area contributed by atoms with E-state index in [1.807, 2.05) is 0 Å². The molecule has 0 fully saturated rings. The molecule has 0 aromatic carbocycles. The molecule has 3 N–H and O–H groups in total. The third-order valence-electron chi connectivity index (χ3n) is 2.23. The van der Waals surface area contributed by atoms with Gasteiger partial charge in [0.05, 0.1) is 5.75 Å². The summed E-state index contributed by atoms with van der Waals surface area (Å²) in [5, 5.41) is 17.3. The van der Waals surface area contributed by atoms with Crippen molar-refractivity contribution >= 4 is 35.4 Å². The number of nitrogens with zero attached hydrogens (tertiary/aromatic N) is 3. The third kappa shape index (κ3) is 4.47. The van der Waals surface area contributed by atoms with Gasteiger partial charge in [-0.25, -0.2) is 0 Å². The lowest BCUT2D eigenvalue weighted by molar-refractivity contribution is -0.133. The number of anilines is 1. The molecule has 96 valence electrons. The van der Waals surface area contributed by atoms with Crippen molar-refractivity contribution in [3.8, 4) is 0 Å². The zero-order chi connectivity index (χ0) is 12.8. The number of rotatable bonds is 7. The molecular formula is C9H16N4O2S2. The molecule has 0 amide bonds. The van der Waals surface area contributed by atoms with Crippen molar-refractivity contribution in [2.45, 2.75) is 30.3 Å². The standard InChI is InChI=1S/C9H16N4O2S2/c1-6(16-2)3-4-13-8(10)11-12-9(13)17-5-7(14)15/h6H,3-5H2,1-2H3,(H2,10,11)(H,14,15). The lowest BCUT2D eigenvalue weighted by Crippen LogP contribution is -2.09. The van der Waals surface area contributed by atoms with Gasteiger partial charge in [0.15, 0.2) is 5.16 Å². The normalized spacial score (nSPS) is 12.6. The highest BCUT2D eigenvalue weighted by atomic mass is 32.2. The minimum absolute atomic E-state index is 0.0315. The fourth-order valence-corrected chi connectivity index (χ4v) is 2.20. The van der Waals surface area contributed by atoms with E-state index in [1.54, 1.807) is 16.3 Å². The van der Waals surface area contributed by atoms with Crippen molar-refractivity contribution in [2.75, 3.05) is 17.7 Å². The number of hydrogen-bond donors (Lipinski definition) is 2. The molecule has 0 radical (unpaired) electrons. The van der Waals surface area contributed by atoms with Crippen LogP contribution in [0.3, 0.4) is 0 Å². The molecule has 0 spiro atoms. The Labute approximate surface area is 108 Å². The van der Waals surface area contributed by atoms with Crippen molar-refractivity contribution in [3.05, 3.63) is 0 Å². The molecule has 0 saturated heterocycles. The largest absolute Gasteiger partial charge is 0.481 e. The second-order valence-electron chi connectivity index (χ2n) is 3.51. The number of carbonyl (C=O) groups is 1. The Hall–Kier alpha value is -0.890. The van der Waals surface area contributed by atoms with Crippen molar-refractivity contribution in [1.29, 1.82) is 0 Å². The molecule has 6 nitrogen and oxygen atoms in total. The second-order valence-corrected chi connectivity index (χ2v) is 5.73. The summed E-state index contributed by atoms with van der Waals surface area (Å²) in [5.41, 5.74) is 5.70. The lowest BCUT2D eigenvalue weighted by Gasteiger charge is -2.10. The van der Waals surface area contributed by atoms with Crippen LogP contribution in [0.2, 0.25) is 0 Å². The summed E-state index contributed by atoms with van der Waals surface area (Å²) < 4.78 is 1.76. The predicted octanol–water partition coefficient (Wildman–Crippen LogP) is 1.18. The Kier molecular flexibility index (Phi) is 5.63. The van der Waals surface area contributed by atoms with Crippen LogP contribution in [0.4, 0.5) is 5.95 Å². The van der Waals surface area contributed by atoms with E-state index >= 15 is 0 Å². The first-order valence-electron chi connectivity index (χ1n) is 5.10. The van der Waals surface area contributed by atoms with Crippen LogP contribution in [0.25, 0.3) is 0 Å². The SMILES string of the molecule is CSC(C)CCn1c(N)nnc1SCC(=O)O. The highest BCUT2D eigenvalue weighted by Crippen LogP contribution is 2.20. The molecular weight excluding hydrogens is 260 g/mol. The van der Waals surface area contributed by atoms with Gasteiger partial charge in [-0.15, -0.1) is 10.2 Å². The Bertz CT molecular complexity index is 383. The summed E-state index contributed by atoms with van der Waals surface area (Å²) in [6, 6.07) is 0. The second kappa shape index (κ2) is 6.75. The molecule has 1 unspecified atom stereocenters. The average molecular weight is 276 g/mol. The predicted molar refractivity (Wildman–Crippen MR) is 70.4 cm³/mol. The molecule has 1 heterocycles. The van der Waals surface area contributed by atoms with E-state index in [-0.39, 0.29) is 5.75 Å². The van der Waals surface area contributed by atoms with Crippen LogP contribution in [0.5, 0.6) is 0 Å². The highest BCUT2D eigenvalue weighted by Gasteiger charge is 2.12. The summed E-state index contributed by atoms with van der Waals surface area (Å²) in [5.74, 6) is -0.567. The highest BCUT2D eigenvalue weighted by molar-refractivity contribution is 7.99. The number of nitrogen functional groups attached to an aromatic ring is 1. The van der Waals surface area contributed by atoms with Gasteiger partial charge in [0.1, 0.15) is 0 Å². The van der Waals surface area contributed by atoms with E-state index in [1.165, 1.54) is 0 Å². The molecule has 0 aliphatic carbocycles. The Morgan fingerprint density at radius 3 is 2.88 bits per heavy atom. The first kappa shape index (κ1) is 14.2. The van der Waals surface area contributed by atoms with Gasteiger partial charge in [-0.3, -0.25) is 9.36 Å². The number of nitrogens with two attached hydrogens (primary N) is 1. The topological polar surface area (TPSA) is 94.0 Å².